The van der Waals surface area contributed by atoms with Gasteiger partial charge in [-0.05, 0) is 36.2 Å². The average Bonchev–Trinajstić information content (AvgIpc) is 2.46. The Balaban J connectivity index is 2.23. The summed E-state index contributed by atoms with van der Waals surface area (Å²) in [6.45, 7) is 2.42. The molecule has 4 nitrogen and oxygen atoms in total. The number of hydrogen-bond donors (Lipinski definition) is 1. The van der Waals surface area contributed by atoms with Crippen LogP contribution >= 0.6 is 0 Å². The summed E-state index contributed by atoms with van der Waals surface area (Å²) in [7, 11) is 1.75. The van der Waals surface area contributed by atoms with E-state index in [1.54, 1.807) is 24.3 Å². The molecule has 0 unspecified atom stereocenters. The van der Waals surface area contributed by atoms with Crippen LogP contribution < -0.4 is 10.6 Å². The fourth-order valence-corrected chi connectivity index (χ4v) is 1.84. The second-order valence-corrected chi connectivity index (χ2v) is 4.49. The molecule has 0 atom stereocenters. The zero-order chi connectivity index (χ0) is 13.8. The third-order valence-electron chi connectivity index (χ3n) is 2.99. The molecular formula is C15H17N3O. The maximum atomic E-state index is 12.3. The molecule has 0 bridgehead atoms. The minimum atomic E-state index is -0.0725. The number of carbonyl (C=O) groups is 1. The summed E-state index contributed by atoms with van der Waals surface area (Å²) >= 11 is 0. The first kappa shape index (κ1) is 13.2. The number of hydrogen-bond acceptors (Lipinski definition) is 3. The van der Waals surface area contributed by atoms with Crippen LogP contribution in [0.25, 0.3) is 0 Å². The minimum absolute atomic E-state index is 0.0725. The van der Waals surface area contributed by atoms with Crippen molar-refractivity contribution in [1.82, 2.24) is 4.98 Å². The molecule has 0 aliphatic heterocycles. The lowest BCUT2D eigenvalue weighted by Gasteiger charge is -2.17. The van der Waals surface area contributed by atoms with Crippen molar-refractivity contribution in [3.63, 3.8) is 0 Å². The van der Waals surface area contributed by atoms with E-state index < -0.39 is 0 Å². The van der Waals surface area contributed by atoms with Crippen LogP contribution in [0.15, 0.2) is 42.7 Å². The SMILES string of the molecule is Cc1cncc(C(=O)N(C)c2ccc(CN)cc2)c1. The number of amides is 1. The summed E-state index contributed by atoms with van der Waals surface area (Å²) in [6.07, 6.45) is 3.31. The molecule has 0 saturated heterocycles. The monoisotopic (exact) mass is 255 g/mol. The van der Waals surface area contributed by atoms with Crippen molar-refractivity contribution in [1.29, 1.82) is 0 Å². The molecule has 98 valence electrons. The minimum Gasteiger partial charge on any atom is -0.326 e. The van der Waals surface area contributed by atoms with Gasteiger partial charge in [-0.1, -0.05) is 12.1 Å². The Bertz CT molecular complexity index is 578. The second-order valence-electron chi connectivity index (χ2n) is 4.49. The Kier molecular flexibility index (Phi) is 3.92. The number of pyridine rings is 1. The van der Waals surface area contributed by atoms with Crippen LogP contribution in [-0.4, -0.2) is 17.9 Å². The van der Waals surface area contributed by atoms with Crippen LogP contribution in [-0.2, 0) is 6.54 Å². The van der Waals surface area contributed by atoms with Crippen molar-refractivity contribution >= 4 is 11.6 Å². The Morgan fingerprint density at radius 2 is 1.95 bits per heavy atom. The summed E-state index contributed by atoms with van der Waals surface area (Å²) in [5.74, 6) is -0.0725. The largest absolute Gasteiger partial charge is 0.326 e. The molecule has 0 spiro atoms. The fourth-order valence-electron chi connectivity index (χ4n) is 1.84. The lowest BCUT2D eigenvalue weighted by atomic mass is 10.1. The van der Waals surface area contributed by atoms with Gasteiger partial charge in [-0.2, -0.15) is 0 Å². The number of rotatable bonds is 3. The van der Waals surface area contributed by atoms with Crippen LogP contribution in [0.2, 0.25) is 0 Å². The number of aromatic nitrogens is 1. The zero-order valence-corrected chi connectivity index (χ0v) is 11.1. The highest BCUT2D eigenvalue weighted by molar-refractivity contribution is 6.05. The average molecular weight is 255 g/mol. The van der Waals surface area contributed by atoms with E-state index in [4.69, 9.17) is 5.73 Å². The normalized spacial score (nSPS) is 10.3. The van der Waals surface area contributed by atoms with Crippen molar-refractivity contribution < 1.29 is 4.79 Å². The molecule has 1 aromatic heterocycles. The van der Waals surface area contributed by atoms with E-state index in [9.17, 15) is 4.79 Å². The maximum Gasteiger partial charge on any atom is 0.259 e. The van der Waals surface area contributed by atoms with Gasteiger partial charge in [-0.15, -0.1) is 0 Å². The van der Waals surface area contributed by atoms with Gasteiger partial charge in [0.2, 0.25) is 0 Å². The quantitative estimate of drug-likeness (QED) is 0.914. The molecule has 1 aromatic carbocycles. The molecule has 2 aromatic rings. The Morgan fingerprint density at radius 3 is 2.53 bits per heavy atom. The predicted octanol–water partition coefficient (Wildman–Crippen LogP) is 2.13. The first-order valence-corrected chi connectivity index (χ1v) is 6.10. The summed E-state index contributed by atoms with van der Waals surface area (Å²) in [5.41, 5.74) is 8.99. The molecule has 19 heavy (non-hydrogen) atoms. The van der Waals surface area contributed by atoms with E-state index in [1.165, 1.54) is 0 Å². The molecular weight excluding hydrogens is 238 g/mol. The van der Waals surface area contributed by atoms with Crippen LogP contribution in [0.4, 0.5) is 5.69 Å². The van der Waals surface area contributed by atoms with Crippen molar-refractivity contribution in [2.75, 3.05) is 11.9 Å². The van der Waals surface area contributed by atoms with Crippen molar-refractivity contribution in [3.05, 3.63) is 59.4 Å². The third kappa shape index (κ3) is 2.98. The van der Waals surface area contributed by atoms with E-state index in [-0.39, 0.29) is 5.91 Å². The Labute approximate surface area is 112 Å². The van der Waals surface area contributed by atoms with E-state index in [1.807, 2.05) is 37.3 Å². The van der Waals surface area contributed by atoms with Gasteiger partial charge < -0.3 is 10.6 Å². The number of nitrogens with zero attached hydrogens (tertiary/aromatic N) is 2. The van der Waals surface area contributed by atoms with Gasteiger partial charge in [0.05, 0.1) is 5.56 Å². The van der Waals surface area contributed by atoms with Gasteiger partial charge in [-0.25, -0.2) is 0 Å². The van der Waals surface area contributed by atoms with Crippen molar-refractivity contribution in [2.45, 2.75) is 13.5 Å². The first-order valence-electron chi connectivity index (χ1n) is 6.10. The molecule has 2 rings (SSSR count). The summed E-state index contributed by atoms with van der Waals surface area (Å²) < 4.78 is 0. The smallest absolute Gasteiger partial charge is 0.259 e. The van der Waals surface area contributed by atoms with Crippen LogP contribution in [0.1, 0.15) is 21.5 Å². The van der Waals surface area contributed by atoms with Crippen LogP contribution in [0, 0.1) is 6.92 Å². The summed E-state index contributed by atoms with van der Waals surface area (Å²) in [5, 5.41) is 0. The Hall–Kier alpha value is -2.20. The number of aryl methyl sites for hydroxylation is 1. The molecule has 4 heteroatoms. The highest BCUT2D eigenvalue weighted by Gasteiger charge is 2.13. The highest BCUT2D eigenvalue weighted by atomic mass is 16.2. The lowest BCUT2D eigenvalue weighted by Crippen LogP contribution is -2.26. The van der Waals surface area contributed by atoms with Crippen LogP contribution in [0.3, 0.4) is 0 Å². The van der Waals surface area contributed by atoms with Crippen LogP contribution in [0.5, 0.6) is 0 Å². The molecule has 0 saturated carbocycles. The molecule has 0 radical (unpaired) electrons. The highest BCUT2D eigenvalue weighted by Crippen LogP contribution is 2.16. The van der Waals surface area contributed by atoms with Crippen molar-refractivity contribution in [2.24, 2.45) is 5.73 Å². The number of anilines is 1. The molecule has 0 fully saturated rings. The molecule has 0 aliphatic rings. The molecule has 2 N–H and O–H groups in total. The van der Waals surface area contributed by atoms with E-state index in [0.29, 0.717) is 12.1 Å². The fraction of sp³-hybridized carbons (Fsp3) is 0.200. The second kappa shape index (κ2) is 5.63. The standard InChI is InChI=1S/C15H17N3O/c1-11-7-13(10-17-9-11)15(19)18(2)14-5-3-12(8-16)4-6-14/h3-7,9-10H,8,16H2,1-2H3. The third-order valence-corrected chi connectivity index (χ3v) is 2.99. The zero-order valence-electron chi connectivity index (χ0n) is 11.1. The molecule has 0 aliphatic carbocycles. The van der Waals surface area contributed by atoms with Gasteiger partial charge in [0.1, 0.15) is 0 Å². The van der Waals surface area contributed by atoms with Gasteiger partial charge in [0.15, 0.2) is 0 Å². The van der Waals surface area contributed by atoms with E-state index in [2.05, 4.69) is 4.98 Å². The topological polar surface area (TPSA) is 59.2 Å². The van der Waals surface area contributed by atoms with Gasteiger partial charge in [-0.3, -0.25) is 9.78 Å². The Morgan fingerprint density at radius 1 is 1.26 bits per heavy atom. The lowest BCUT2D eigenvalue weighted by molar-refractivity contribution is 0.0992. The predicted molar refractivity (Wildman–Crippen MR) is 76.0 cm³/mol. The summed E-state index contributed by atoms with van der Waals surface area (Å²) in [4.78, 5) is 18.0. The van der Waals surface area contributed by atoms with E-state index in [0.717, 1.165) is 16.8 Å². The van der Waals surface area contributed by atoms with Gasteiger partial charge >= 0.3 is 0 Å². The van der Waals surface area contributed by atoms with Gasteiger partial charge in [0.25, 0.3) is 5.91 Å². The van der Waals surface area contributed by atoms with Crippen molar-refractivity contribution in [3.8, 4) is 0 Å². The van der Waals surface area contributed by atoms with E-state index >= 15 is 0 Å². The summed E-state index contributed by atoms with van der Waals surface area (Å²) in [6, 6.07) is 9.47. The number of carbonyl (C=O) groups excluding carboxylic acids is 1. The first-order chi connectivity index (χ1) is 9.11. The number of nitrogens with two attached hydrogens (primary N) is 1. The molecule has 1 heterocycles. The van der Waals surface area contributed by atoms with Gasteiger partial charge in [0, 0.05) is 31.7 Å². The number of benzene rings is 1. The molecule has 1 amide bonds. The maximum absolute atomic E-state index is 12.3.